The second-order valence-electron chi connectivity index (χ2n) is 7.88. The number of hydrogen-bond donors (Lipinski definition) is 2. The van der Waals surface area contributed by atoms with Crippen LogP contribution in [0, 0.1) is 11.3 Å². The van der Waals surface area contributed by atoms with E-state index in [0.717, 1.165) is 6.42 Å². The maximum absolute atomic E-state index is 13.1. The predicted molar refractivity (Wildman–Crippen MR) is 120 cm³/mol. The van der Waals surface area contributed by atoms with Gasteiger partial charge in [0.15, 0.2) is 0 Å². The second kappa shape index (κ2) is 10.8. The number of carbonyl (C=O) groups excluding carboxylic acids is 2. The Morgan fingerprint density at radius 1 is 1.12 bits per heavy atom. The van der Waals surface area contributed by atoms with Gasteiger partial charge in [-0.25, -0.2) is 15.2 Å². The molecule has 0 aliphatic carbocycles. The zero-order chi connectivity index (χ0) is 23.0. The van der Waals surface area contributed by atoms with E-state index in [9.17, 15) is 14.9 Å². The zero-order valence-corrected chi connectivity index (χ0v) is 18.3. The Morgan fingerprint density at radius 3 is 2.64 bits per heavy atom. The number of urea groups is 1. The van der Waals surface area contributed by atoms with E-state index in [1.165, 1.54) is 5.01 Å². The first-order chi connectivity index (χ1) is 16.2. The number of carbonyl (C=O) groups is 2. The molecule has 2 saturated heterocycles. The predicted octanol–water partition coefficient (Wildman–Crippen LogP) is 2.58. The minimum absolute atomic E-state index is 0.245. The van der Waals surface area contributed by atoms with E-state index in [-0.39, 0.29) is 11.9 Å². The van der Waals surface area contributed by atoms with Gasteiger partial charge in [-0.05, 0) is 42.7 Å². The van der Waals surface area contributed by atoms with E-state index in [1.54, 1.807) is 29.2 Å². The minimum atomic E-state index is -0.876. The molecule has 2 aromatic carbocycles. The van der Waals surface area contributed by atoms with Crippen molar-refractivity contribution in [1.82, 2.24) is 20.7 Å². The van der Waals surface area contributed by atoms with Crippen molar-refractivity contribution in [3.05, 3.63) is 60.2 Å². The van der Waals surface area contributed by atoms with Gasteiger partial charge in [-0.1, -0.05) is 30.3 Å². The maximum atomic E-state index is 13.1. The molecule has 0 aromatic heterocycles. The zero-order valence-electron chi connectivity index (χ0n) is 18.3. The van der Waals surface area contributed by atoms with Crippen molar-refractivity contribution in [3.8, 4) is 17.6 Å². The van der Waals surface area contributed by atoms with E-state index >= 15 is 0 Å². The van der Waals surface area contributed by atoms with Crippen molar-refractivity contribution in [1.29, 1.82) is 5.26 Å². The van der Waals surface area contributed by atoms with E-state index in [1.807, 2.05) is 30.3 Å². The van der Waals surface area contributed by atoms with Gasteiger partial charge in [0.05, 0.1) is 19.3 Å². The molecule has 0 bridgehead atoms. The van der Waals surface area contributed by atoms with E-state index < -0.39 is 12.1 Å². The molecule has 1 unspecified atom stereocenters. The third kappa shape index (κ3) is 5.61. The number of amides is 3. The lowest BCUT2D eigenvalue weighted by molar-refractivity contribution is -0.128. The van der Waals surface area contributed by atoms with Crippen molar-refractivity contribution in [2.45, 2.75) is 24.9 Å². The number of nitriles is 1. The van der Waals surface area contributed by atoms with Gasteiger partial charge in [-0.15, -0.1) is 0 Å². The third-order valence-electron chi connectivity index (χ3n) is 5.62. The normalized spacial score (nSPS) is 19.3. The Morgan fingerprint density at radius 2 is 1.88 bits per heavy atom. The number of rotatable bonds is 5. The summed E-state index contributed by atoms with van der Waals surface area (Å²) in [6, 6.07) is 16.7. The van der Waals surface area contributed by atoms with Crippen LogP contribution in [0.5, 0.6) is 11.5 Å². The van der Waals surface area contributed by atoms with Crippen molar-refractivity contribution in [2.24, 2.45) is 0 Å². The largest absolute Gasteiger partial charge is 0.457 e. The quantitative estimate of drug-likeness (QED) is 0.727. The number of nitrogens with one attached hydrogen (secondary N) is 2. The Bertz CT molecular complexity index is 1000. The monoisotopic (exact) mass is 449 g/mol. The summed E-state index contributed by atoms with van der Waals surface area (Å²) >= 11 is 0. The van der Waals surface area contributed by atoms with Crippen LogP contribution in [0.3, 0.4) is 0 Å². The van der Waals surface area contributed by atoms with Crippen LogP contribution in [0.2, 0.25) is 0 Å². The summed E-state index contributed by atoms with van der Waals surface area (Å²) in [4.78, 5) is 27.8. The molecule has 0 spiro atoms. The molecular weight excluding hydrogens is 422 g/mol. The average Bonchev–Trinajstić information content (AvgIpc) is 2.88. The summed E-state index contributed by atoms with van der Waals surface area (Å²) in [6.45, 7) is 2.55. The van der Waals surface area contributed by atoms with Crippen LogP contribution in [0.25, 0.3) is 0 Å². The lowest BCUT2D eigenvalue weighted by atomic mass is 10.0. The first kappa shape index (κ1) is 22.6. The van der Waals surface area contributed by atoms with Crippen LogP contribution < -0.4 is 15.5 Å². The van der Waals surface area contributed by atoms with Crippen LogP contribution in [0.4, 0.5) is 4.79 Å². The standard InChI is InChI=1S/C24H27N5O4/c25-17-21(18-6-4-9-20(16-18)33-19-7-2-1-3-8-19)27-23(30)22-10-5-11-26-29(22)24(31)28-12-14-32-15-13-28/h1-4,6-9,16,21-22,26H,5,10-15H2,(H,27,30)/t21?,22-/m0/s1. The van der Waals surface area contributed by atoms with Gasteiger partial charge in [0.1, 0.15) is 23.6 Å². The summed E-state index contributed by atoms with van der Waals surface area (Å²) in [5, 5.41) is 14.0. The number of hydrogen-bond acceptors (Lipinski definition) is 6. The molecule has 2 atom stereocenters. The maximum Gasteiger partial charge on any atom is 0.335 e. The molecule has 33 heavy (non-hydrogen) atoms. The smallest absolute Gasteiger partial charge is 0.335 e. The summed E-state index contributed by atoms with van der Waals surface area (Å²) in [5.41, 5.74) is 3.66. The molecule has 2 aromatic rings. The highest BCUT2D eigenvalue weighted by Gasteiger charge is 2.36. The fourth-order valence-corrected chi connectivity index (χ4v) is 3.90. The first-order valence-electron chi connectivity index (χ1n) is 11.1. The lowest BCUT2D eigenvalue weighted by Crippen LogP contribution is -2.62. The molecule has 2 fully saturated rings. The van der Waals surface area contributed by atoms with Gasteiger partial charge < -0.3 is 19.7 Å². The number of hydrazine groups is 1. The average molecular weight is 450 g/mol. The molecule has 0 radical (unpaired) electrons. The second-order valence-corrected chi connectivity index (χ2v) is 7.88. The first-order valence-corrected chi connectivity index (χ1v) is 11.1. The molecule has 172 valence electrons. The molecule has 9 nitrogen and oxygen atoms in total. The van der Waals surface area contributed by atoms with Gasteiger partial charge in [-0.2, -0.15) is 5.26 Å². The van der Waals surface area contributed by atoms with Gasteiger partial charge in [0.2, 0.25) is 5.91 Å². The van der Waals surface area contributed by atoms with Crippen molar-refractivity contribution in [2.75, 3.05) is 32.8 Å². The number of para-hydroxylation sites is 1. The molecule has 3 amide bonds. The third-order valence-corrected chi connectivity index (χ3v) is 5.62. The van der Waals surface area contributed by atoms with Crippen LogP contribution >= 0.6 is 0 Å². The van der Waals surface area contributed by atoms with Gasteiger partial charge in [-0.3, -0.25) is 4.79 Å². The number of nitrogens with zero attached hydrogens (tertiary/aromatic N) is 3. The Hall–Kier alpha value is -3.61. The highest BCUT2D eigenvalue weighted by Crippen LogP contribution is 2.25. The number of benzene rings is 2. The Balaban J connectivity index is 1.45. The van der Waals surface area contributed by atoms with Crippen LogP contribution in [-0.4, -0.2) is 60.7 Å². The summed E-state index contributed by atoms with van der Waals surface area (Å²) in [6.07, 6.45) is 1.27. The summed E-state index contributed by atoms with van der Waals surface area (Å²) in [7, 11) is 0. The fourth-order valence-electron chi connectivity index (χ4n) is 3.90. The highest BCUT2D eigenvalue weighted by molar-refractivity contribution is 5.87. The minimum Gasteiger partial charge on any atom is -0.457 e. The van der Waals surface area contributed by atoms with Crippen molar-refractivity contribution >= 4 is 11.9 Å². The van der Waals surface area contributed by atoms with Crippen LogP contribution in [-0.2, 0) is 9.53 Å². The fraction of sp³-hybridized carbons (Fsp3) is 0.375. The highest BCUT2D eigenvalue weighted by atomic mass is 16.5. The molecule has 2 aliphatic heterocycles. The van der Waals surface area contributed by atoms with Crippen LogP contribution in [0.1, 0.15) is 24.4 Å². The molecular formula is C24H27N5O4. The van der Waals surface area contributed by atoms with E-state index in [0.29, 0.717) is 56.3 Å². The molecule has 0 saturated carbocycles. The Kier molecular flexibility index (Phi) is 7.40. The molecule has 2 N–H and O–H groups in total. The molecule has 2 aliphatic rings. The SMILES string of the molecule is N#CC(NC(=O)[C@@H]1CCCNN1C(=O)N1CCOCC1)c1cccc(Oc2ccccc2)c1. The van der Waals surface area contributed by atoms with Crippen LogP contribution in [0.15, 0.2) is 54.6 Å². The van der Waals surface area contributed by atoms with E-state index in [4.69, 9.17) is 9.47 Å². The van der Waals surface area contributed by atoms with Gasteiger partial charge in [0.25, 0.3) is 0 Å². The van der Waals surface area contributed by atoms with E-state index in [2.05, 4.69) is 16.8 Å². The molecule has 4 rings (SSSR count). The van der Waals surface area contributed by atoms with Gasteiger partial charge in [0, 0.05) is 19.6 Å². The number of morpholine rings is 1. The summed E-state index contributed by atoms with van der Waals surface area (Å²) in [5.74, 6) is 0.874. The lowest BCUT2D eigenvalue weighted by Gasteiger charge is -2.39. The number of ether oxygens (including phenoxy) is 2. The topological polar surface area (TPSA) is 107 Å². The molecule has 2 heterocycles. The molecule has 9 heteroatoms. The van der Waals surface area contributed by atoms with Crippen molar-refractivity contribution < 1.29 is 19.1 Å². The van der Waals surface area contributed by atoms with Crippen molar-refractivity contribution in [3.63, 3.8) is 0 Å². The summed E-state index contributed by atoms with van der Waals surface area (Å²) < 4.78 is 11.2. The Labute approximate surface area is 192 Å². The van der Waals surface area contributed by atoms with Gasteiger partial charge >= 0.3 is 6.03 Å².